The summed E-state index contributed by atoms with van der Waals surface area (Å²) in [5, 5.41) is 7.05. The second-order valence-corrected chi connectivity index (χ2v) is 6.75. The fraction of sp³-hybridized carbons (Fsp3) is 0.0588. The van der Waals surface area contributed by atoms with Gasteiger partial charge in [0, 0.05) is 15.0 Å². The standard InChI is InChI=1S/C17H12Br2FN3O/c18-14-4-2-1-3-11(14)10-23-16(7-8-21-23)22-17(24)13-6-5-12(20)9-15(13)19/h1-9H,10H2,(H,22,24). The number of aromatic nitrogens is 2. The van der Waals surface area contributed by atoms with Gasteiger partial charge in [0.05, 0.1) is 18.3 Å². The van der Waals surface area contributed by atoms with Gasteiger partial charge in [0.15, 0.2) is 0 Å². The number of nitrogens with one attached hydrogen (secondary N) is 1. The van der Waals surface area contributed by atoms with Crippen LogP contribution in [-0.4, -0.2) is 15.7 Å². The third-order valence-corrected chi connectivity index (χ3v) is 4.84. The first-order chi connectivity index (χ1) is 11.5. The van der Waals surface area contributed by atoms with Gasteiger partial charge in [0.25, 0.3) is 5.91 Å². The maximum Gasteiger partial charge on any atom is 0.257 e. The van der Waals surface area contributed by atoms with Crippen molar-refractivity contribution in [3.63, 3.8) is 0 Å². The molecule has 3 aromatic rings. The third kappa shape index (κ3) is 3.73. The first-order valence-electron chi connectivity index (χ1n) is 7.06. The summed E-state index contributed by atoms with van der Waals surface area (Å²) in [6.07, 6.45) is 1.62. The molecule has 3 rings (SSSR count). The lowest BCUT2D eigenvalue weighted by Crippen LogP contribution is -2.16. The van der Waals surface area contributed by atoms with Crippen LogP contribution in [0.15, 0.2) is 63.7 Å². The number of carbonyl (C=O) groups is 1. The van der Waals surface area contributed by atoms with Gasteiger partial charge in [0.1, 0.15) is 11.6 Å². The van der Waals surface area contributed by atoms with Gasteiger partial charge in [-0.15, -0.1) is 0 Å². The Hall–Kier alpha value is -1.99. The van der Waals surface area contributed by atoms with Crippen molar-refractivity contribution in [3.8, 4) is 0 Å². The smallest absolute Gasteiger partial charge is 0.257 e. The Labute approximate surface area is 154 Å². The molecule has 0 spiro atoms. The molecule has 0 radical (unpaired) electrons. The molecule has 0 atom stereocenters. The monoisotopic (exact) mass is 451 g/mol. The highest BCUT2D eigenvalue weighted by Gasteiger charge is 2.14. The van der Waals surface area contributed by atoms with Gasteiger partial charge in [-0.1, -0.05) is 34.1 Å². The molecule has 122 valence electrons. The second kappa shape index (κ2) is 7.27. The summed E-state index contributed by atoms with van der Waals surface area (Å²) in [5.74, 6) is -0.180. The lowest BCUT2D eigenvalue weighted by molar-refractivity contribution is 0.102. The molecule has 24 heavy (non-hydrogen) atoms. The van der Waals surface area contributed by atoms with Crippen LogP contribution in [0.5, 0.6) is 0 Å². The number of benzene rings is 2. The Bertz CT molecular complexity index is 895. The zero-order chi connectivity index (χ0) is 17.1. The van der Waals surface area contributed by atoms with Crippen LogP contribution in [0.3, 0.4) is 0 Å². The molecule has 0 aliphatic carbocycles. The van der Waals surface area contributed by atoms with E-state index in [9.17, 15) is 9.18 Å². The number of hydrogen-bond acceptors (Lipinski definition) is 2. The molecular formula is C17H12Br2FN3O. The van der Waals surface area contributed by atoms with Crippen LogP contribution in [-0.2, 0) is 6.54 Å². The molecule has 2 aromatic carbocycles. The molecular weight excluding hydrogens is 441 g/mol. The first-order valence-corrected chi connectivity index (χ1v) is 8.65. The molecule has 4 nitrogen and oxygen atoms in total. The molecule has 0 unspecified atom stereocenters. The van der Waals surface area contributed by atoms with E-state index in [1.165, 1.54) is 18.2 Å². The van der Waals surface area contributed by atoms with Crippen molar-refractivity contribution in [2.45, 2.75) is 6.54 Å². The Morgan fingerprint density at radius 1 is 1.12 bits per heavy atom. The fourth-order valence-corrected chi connectivity index (χ4v) is 3.15. The highest BCUT2D eigenvalue weighted by Crippen LogP contribution is 2.21. The van der Waals surface area contributed by atoms with Crippen molar-refractivity contribution in [2.75, 3.05) is 5.32 Å². The Balaban J connectivity index is 1.80. The molecule has 0 aliphatic rings. The maximum atomic E-state index is 13.2. The van der Waals surface area contributed by atoms with E-state index in [4.69, 9.17) is 0 Å². The quantitative estimate of drug-likeness (QED) is 0.615. The summed E-state index contributed by atoms with van der Waals surface area (Å²) in [6, 6.07) is 13.5. The Morgan fingerprint density at radius 3 is 2.67 bits per heavy atom. The lowest BCUT2D eigenvalue weighted by Gasteiger charge is -2.11. The van der Waals surface area contributed by atoms with Gasteiger partial charge >= 0.3 is 0 Å². The Kier molecular flexibility index (Phi) is 5.11. The number of nitrogens with zero attached hydrogens (tertiary/aromatic N) is 2. The minimum atomic E-state index is -0.405. The van der Waals surface area contributed by atoms with Gasteiger partial charge in [-0.05, 0) is 45.8 Å². The number of anilines is 1. The van der Waals surface area contributed by atoms with Crippen LogP contribution in [0.4, 0.5) is 10.2 Å². The number of amides is 1. The number of hydrogen-bond donors (Lipinski definition) is 1. The van der Waals surface area contributed by atoms with Gasteiger partial charge < -0.3 is 5.32 Å². The van der Waals surface area contributed by atoms with Crippen molar-refractivity contribution in [1.82, 2.24) is 9.78 Å². The molecule has 0 aliphatic heterocycles. The van der Waals surface area contributed by atoms with E-state index in [1.54, 1.807) is 16.9 Å². The molecule has 0 saturated heterocycles. The maximum absolute atomic E-state index is 13.2. The summed E-state index contributed by atoms with van der Waals surface area (Å²) in [4.78, 5) is 12.4. The van der Waals surface area contributed by atoms with Crippen LogP contribution in [0.25, 0.3) is 0 Å². The lowest BCUT2D eigenvalue weighted by atomic mass is 10.2. The minimum absolute atomic E-state index is 0.337. The molecule has 1 aromatic heterocycles. The number of carbonyl (C=O) groups excluding carboxylic acids is 1. The van der Waals surface area contributed by atoms with E-state index in [0.29, 0.717) is 22.4 Å². The fourth-order valence-electron chi connectivity index (χ4n) is 2.21. The predicted octanol–water partition coefficient (Wildman–Crippen LogP) is 4.85. The highest BCUT2D eigenvalue weighted by atomic mass is 79.9. The van der Waals surface area contributed by atoms with Crippen LogP contribution in [0.2, 0.25) is 0 Å². The summed E-state index contributed by atoms with van der Waals surface area (Å²) >= 11 is 6.70. The average Bonchev–Trinajstić information content (AvgIpc) is 2.96. The van der Waals surface area contributed by atoms with Crippen molar-refractivity contribution in [2.24, 2.45) is 0 Å². The highest BCUT2D eigenvalue weighted by molar-refractivity contribution is 9.10. The van der Waals surface area contributed by atoms with Gasteiger partial charge in [-0.2, -0.15) is 5.10 Å². The third-order valence-electron chi connectivity index (χ3n) is 3.41. The first kappa shape index (κ1) is 16.9. The SMILES string of the molecule is O=C(Nc1ccnn1Cc1ccccc1Br)c1ccc(F)cc1Br. The molecule has 1 heterocycles. The van der Waals surface area contributed by atoms with E-state index in [-0.39, 0.29) is 5.91 Å². The summed E-state index contributed by atoms with van der Waals surface area (Å²) in [7, 11) is 0. The molecule has 1 amide bonds. The van der Waals surface area contributed by atoms with Crippen LogP contribution in [0, 0.1) is 5.82 Å². The molecule has 0 fully saturated rings. The zero-order valence-electron chi connectivity index (χ0n) is 12.3. The van der Waals surface area contributed by atoms with E-state index < -0.39 is 5.82 Å². The van der Waals surface area contributed by atoms with Gasteiger partial charge in [0.2, 0.25) is 0 Å². The normalized spacial score (nSPS) is 10.6. The average molecular weight is 453 g/mol. The second-order valence-electron chi connectivity index (χ2n) is 5.04. The number of halogens is 3. The molecule has 1 N–H and O–H groups in total. The van der Waals surface area contributed by atoms with Gasteiger partial charge in [-0.25, -0.2) is 9.07 Å². The zero-order valence-corrected chi connectivity index (χ0v) is 15.5. The summed E-state index contributed by atoms with van der Waals surface area (Å²) < 4.78 is 16.2. The van der Waals surface area contributed by atoms with Crippen LogP contribution < -0.4 is 5.32 Å². The largest absolute Gasteiger partial charge is 0.307 e. The van der Waals surface area contributed by atoms with Crippen LogP contribution >= 0.6 is 31.9 Å². The van der Waals surface area contributed by atoms with Gasteiger partial charge in [-0.3, -0.25) is 4.79 Å². The summed E-state index contributed by atoms with van der Waals surface area (Å²) in [5.41, 5.74) is 1.39. The van der Waals surface area contributed by atoms with E-state index >= 15 is 0 Å². The van der Waals surface area contributed by atoms with Crippen molar-refractivity contribution in [1.29, 1.82) is 0 Å². The molecule has 7 heteroatoms. The van der Waals surface area contributed by atoms with Crippen molar-refractivity contribution in [3.05, 3.63) is 80.6 Å². The van der Waals surface area contributed by atoms with Crippen LogP contribution in [0.1, 0.15) is 15.9 Å². The van der Waals surface area contributed by atoms with Crippen molar-refractivity contribution < 1.29 is 9.18 Å². The number of rotatable bonds is 4. The van der Waals surface area contributed by atoms with E-state index in [0.717, 1.165) is 10.0 Å². The van der Waals surface area contributed by atoms with Crippen molar-refractivity contribution >= 4 is 43.6 Å². The topological polar surface area (TPSA) is 46.9 Å². The summed E-state index contributed by atoms with van der Waals surface area (Å²) in [6.45, 7) is 0.509. The predicted molar refractivity (Wildman–Crippen MR) is 97.5 cm³/mol. The molecule has 0 saturated carbocycles. The minimum Gasteiger partial charge on any atom is -0.307 e. The van der Waals surface area contributed by atoms with E-state index in [2.05, 4.69) is 42.3 Å². The molecule has 0 bridgehead atoms. The Morgan fingerprint density at radius 2 is 1.92 bits per heavy atom. The van der Waals surface area contributed by atoms with E-state index in [1.807, 2.05) is 24.3 Å².